The number of hydrogen-bond acceptors (Lipinski definition) is 4. The quantitative estimate of drug-likeness (QED) is 0.902. The zero-order valence-corrected chi connectivity index (χ0v) is 12.6. The number of amides is 1. The molecular formula is C14H23N3OS. The number of carbonyl (C=O) groups excluding carboxylic acids is 1. The summed E-state index contributed by atoms with van der Waals surface area (Å²) in [5.41, 5.74) is 0. The SMILES string of the molecule is CCC(CC)C(=O)NC1CCN(c2nccs2)CC1. The molecular weight excluding hydrogens is 258 g/mol. The average molecular weight is 281 g/mol. The lowest BCUT2D eigenvalue weighted by Crippen LogP contribution is -2.46. The molecule has 19 heavy (non-hydrogen) atoms. The summed E-state index contributed by atoms with van der Waals surface area (Å²) in [4.78, 5) is 18.7. The van der Waals surface area contributed by atoms with Crippen molar-refractivity contribution >= 4 is 22.4 Å². The van der Waals surface area contributed by atoms with E-state index >= 15 is 0 Å². The minimum atomic E-state index is 0.178. The first-order chi connectivity index (χ1) is 9.24. The number of nitrogens with zero attached hydrogens (tertiary/aromatic N) is 2. The number of hydrogen-bond donors (Lipinski definition) is 1. The van der Waals surface area contributed by atoms with E-state index in [2.05, 4.69) is 29.0 Å². The van der Waals surface area contributed by atoms with Crippen molar-refractivity contribution in [2.24, 2.45) is 5.92 Å². The van der Waals surface area contributed by atoms with E-state index in [9.17, 15) is 4.79 Å². The van der Waals surface area contributed by atoms with E-state index in [0.717, 1.165) is 43.9 Å². The highest BCUT2D eigenvalue weighted by atomic mass is 32.1. The van der Waals surface area contributed by atoms with E-state index in [1.54, 1.807) is 11.3 Å². The number of thiazole rings is 1. The van der Waals surface area contributed by atoms with Crippen molar-refractivity contribution in [3.05, 3.63) is 11.6 Å². The van der Waals surface area contributed by atoms with Crippen LogP contribution in [0, 0.1) is 5.92 Å². The highest BCUT2D eigenvalue weighted by Gasteiger charge is 2.23. The minimum Gasteiger partial charge on any atom is -0.353 e. The van der Waals surface area contributed by atoms with Crippen molar-refractivity contribution < 1.29 is 4.79 Å². The molecule has 1 aromatic rings. The first kappa shape index (κ1) is 14.3. The molecule has 1 saturated heterocycles. The molecule has 1 aliphatic heterocycles. The van der Waals surface area contributed by atoms with Crippen LogP contribution in [0.4, 0.5) is 5.13 Å². The fourth-order valence-electron chi connectivity index (χ4n) is 2.57. The highest BCUT2D eigenvalue weighted by molar-refractivity contribution is 7.13. The molecule has 106 valence electrons. The Bertz CT molecular complexity index is 381. The van der Waals surface area contributed by atoms with Gasteiger partial charge in [0.05, 0.1) is 0 Å². The molecule has 5 heteroatoms. The van der Waals surface area contributed by atoms with Gasteiger partial charge >= 0.3 is 0 Å². The van der Waals surface area contributed by atoms with Crippen LogP contribution in [-0.2, 0) is 4.79 Å². The zero-order valence-electron chi connectivity index (χ0n) is 11.8. The van der Waals surface area contributed by atoms with Gasteiger partial charge in [-0.3, -0.25) is 4.79 Å². The molecule has 0 atom stereocenters. The molecule has 0 saturated carbocycles. The molecule has 1 fully saturated rings. The highest BCUT2D eigenvalue weighted by Crippen LogP contribution is 2.22. The smallest absolute Gasteiger partial charge is 0.223 e. The van der Waals surface area contributed by atoms with Crippen molar-refractivity contribution in [2.75, 3.05) is 18.0 Å². The van der Waals surface area contributed by atoms with E-state index in [1.165, 1.54) is 0 Å². The molecule has 0 spiro atoms. The third-order valence-electron chi connectivity index (χ3n) is 3.89. The number of rotatable bonds is 5. The largest absolute Gasteiger partial charge is 0.353 e. The lowest BCUT2D eigenvalue weighted by Gasteiger charge is -2.32. The number of carbonyl (C=O) groups is 1. The molecule has 0 radical (unpaired) electrons. The van der Waals surface area contributed by atoms with Crippen LogP contribution in [0.15, 0.2) is 11.6 Å². The molecule has 1 aliphatic rings. The van der Waals surface area contributed by atoms with Gasteiger partial charge in [-0.25, -0.2) is 4.98 Å². The Labute approximate surface area is 119 Å². The van der Waals surface area contributed by atoms with Crippen LogP contribution in [-0.4, -0.2) is 30.0 Å². The van der Waals surface area contributed by atoms with E-state index in [4.69, 9.17) is 0 Å². The van der Waals surface area contributed by atoms with E-state index in [-0.39, 0.29) is 11.8 Å². The summed E-state index contributed by atoms with van der Waals surface area (Å²) in [6, 6.07) is 0.337. The summed E-state index contributed by atoms with van der Waals surface area (Å²) < 4.78 is 0. The van der Waals surface area contributed by atoms with Crippen molar-refractivity contribution in [1.29, 1.82) is 0 Å². The fraction of sp³-hybridized carbons (Fsp3) is 0.714. The van der Waals surface area contributed by atoms with Crippen molar-refractivity contribution in [3.63, 3.8) is 0 Å². The molecule has 1 aromatic heterocycles. The van der Waals surface area contributed by atoms with Gasteiger partial charge in [0.25, 0.3) is 0 Å². The Kier molecular flexibility index (Phi) is 5.19. The van der Waals surface area contributed by atoms with Crippen molar-refractivity contribution in [3.8, 4) is 0 Å². The van der Waals surface area contributed by atoms with Crippen LogP contribution in [0.25, 0.3) is 0 Å². The second kappa shape index (κ2) is 6.89. The Balaban J connectivity index is 1.79. The third-order valence-corrected chi connectivity index (χ3v) is 4.72. The van der Waals surface area contributed by atoms with Crippen LogP contribution in [0.5, 0.6) is 0 Å². The van der Waals surface area contributed by atoms with Gasteiger partial charge in [-0.1, -0.05) is 13.8 Å². The van der Waals surface area contributed by atoms with Gasteiger partial charge in [0.15, 0.2) is 5.13 Å². The van der Waals surface area contributed by atoms with Crippen LogP contribution < -0.4 is 10.2 Å². The van der Waals surface area contributed by atoms with E-state index in [1.807, 2.05) is 11.6 Å². The lowest BCUT2D eigenvalue weighted by atomic mass is 10.00. The van der Waals surface area contributed by atoms with Crippen LogP contribution in [0.3, 0.4) is 0 Å². The monoisotopic (exact) mass is 281 g/mol. The van der Waals surface area contributed by atoms with Crippen molar-refractivity contribution in [2.45, 2.75) is 45.6 Å². The van der Waals surface area contributed by atoms with Gasteiger partial charge in [0.2, 0.25) is 5.91 Å². The maximum atomic E-state index is 12.0. The van der Waals surface area contributed by atoms with Gasteiger partial charge in [-0.2, -0.15) is 0 Å². The lowest BCUT2D eigenvalue weighted by molar-refractivity contribution is -0.126. The molecule has 0 unspecified atom stereocenters. The maximum absolute atomic E-state index is 12.0. The molecule has 4 nitrogen and oxygen atoms in total. The van der Waals surface area contributed by atoms with Gasteiger partial charge in [-0.15, -0.1) is 11.3 Å². The van der Waals surface area contributed by atoms with Crippen LogP contribution in [0.2, 0.25) is 0 Å². The Morgan fingerprint density at radius 2 is 2.16 bits per heavy atom. The second-order valence-electron chi connectivity index (χ2n) is 5.10. The summed E-state index contributed by atoms with van der Waals surface area (Å²) in [7, 11) is 0. The molecule has 1 N–H and O–H groups in total. The first-order valence-corrected chi connectivity index (χ1v) is 8.07. The topological polar surface area (TPSA) is 45.2 Å². The fourth-order valence-corrected chi connectivity index (χ4v) is 3.26. The van der Waals surface area contributed by atoms with Crippen LogP contribution >= 0.6 is 11.3 Å². The molecule has 0 aliphatic carbocycles. The maximum Gasteiger partial charge on any atom is 0.223 e. The Hall–Kier alpha value is -1.10. The number of aromatic nitrogens is 1. The number of anilines is 1. The van der Waals surface area contributed by atoms with E-state index < -0.39 is 0 Å². The molecule has 0 bridgehead atoms. The Morgan fingerprint density at radius 1 is 1.47 bits per heavy atom. The summed E-state index contributed by atoms with van der Waals surface area (Å²) in [5.74, 6) is 0.412. The first-order valence-electron chi connectivity index (χ1n) is 7.19. The average Bonchev–Trinajstić information content (AvgIpc) is 2.95. The van der Waals surface area contributed by atoms with E-state index in [0.29, 0.717) is 6.04 Å². The minimum absolute atomic E-state index is 0.178. The molecule has 2 heterocycles. The summed E-state index contributed by atoms with van der Waals surface area (Å²) in [5, 5.41) is 6.32. The second-order valence-corrected chi connectivity index (χ2v) is 5.97. The van der Waals surface area contributed by atoms with Gasteiger partial charge < -0.3 is 10.2 Å². The normalized spacial score (nSPS) is 16.9. The Morgan fingerprint density at radius 3 is 2.68 bits per heavy atom. The third kappa shape index (κ3) is 3.69. The summed E-state index contributed by atoms with van der Waals surface area (Å²) in [6.07, 6.45) is 5.75. The molecule has 0 aromatic carbocycles. The molecule has 1 amide bonds. The summed E-state index contributed by atoms with van der Waals surface area (Å²) >= 11 is 1.68. The predicted octanol–water partition coefficient (Wildman–Crippen LogP) is 2.66. The number of piperidine rings is 1. The van der Waals surface area contributed by atoms with Gasteiger partial charge in [0, 0.05) is 36.6 Å². The molecule has 2 rings (SSSR count). The van der Waals surface area contributed by atoms with Gasteiger partial charge in [0.1, 0.15) is 0 Å². The standard InChI is InChI=1S/C14H23N3OS/c1-3-11(4-2)13(18)16-12-5-8-17(9-6-12)14-15-7-10-19-14/h7,10-12H,3-6,8-9H2,1-2H3,(H,16,18). The predicted molar refractivity (Wildman–Crippen MR) is 79.6 cm³/mol. The van der Waals surface area contributed by atoms with Gasteiger partial charge in [-0.05, 0) is 25.7 Å². The zero-order chi connectivity index (χ0) is 13.7. The number of nitrogens with one attached hydrogen (secondary N) is 1. The van der Waals surface area contributed by atoms with Crippen LogP contribution in [0.1, 0.15) is 39.5 Å². The van der Waals surface area contributed by atoms with Crippen molar-refractivity contribution in [1.82, 2.24) is 10.3 Å². The summed E-state index contributed by atoms with van der Waals surface area (Å²) in [6.45, 7) is 6.14.